The Bertz CT molecular complexity index is 2200. The highest BCUT2D eigenvalue weighted by atomic mass is 32.2. The van der Waals surface area contributed by atoms with Gasteiger partial charge in [0, 0.05) is 23.0 Å². The molecule has 21 aliphatic rings. The van der Waals surface area contributed by atoms with Gasteiger partial charge in [-0.2, -0.15) is 23.5 Å². The molecule has 21 saturated heterocycles. The molecule has 0 aromatic rings. The van der Waals surface area contributed by atoms with E-state index in [0.717, 1.165) is 23.5 Å². The van der Waals surface area contributed by atoms with E-state index >= 15 is 0 Å². The first-order chi connectivity index (χ1) is 42.2. The van der Waals surface area contributed by atoms with Crippen LogP contribution in [0.15, 0.2) is 0 Å². The largest absolute Gasteiger partial charge is 0.480 e. The lowest BCUT2D eigenvalue weighted by Gasteiger charge is -2.50. The molecule has 21 rings (SSSR count). The van der Waals surface area contributed by atoms with Crippen LogP contribution in [-0.2, 0) is 75.9 Å². The van der Waals surface area contributed by atoms with Gasteiger partial charge >= 0.3 is 11.9 Å². The second kappa shape index (κ2) is 31.9. The maximum absolute atomic E-state index is 11.7. The highest BCUT2D eigenvalue weighted by Gasteiger charge is 2.60. The molecule has 21 fully saturated rings. The third kappa shape index (κ3) is 15.9. The SMILES string of the molecule is N[C@H](CSCC1O[C@@H]2O[C@@H]3C(CO)O[C@@H](O[C@@H]4C(CO)O[C@@H](O[C@@H]5C(CSC[C@@H](N)C(=O)O)O[C@@H](O[C@@H]6C(CO)O[C@H](O[C@@H]7C(CO)O[C@H](O[C@@H]8C(CO)O[C@H](O[C@H]1C(O)C2O)C(O)[C@H]8O)C(O)C7O)C(O)C6O)C(O)[C@H]5O)C(O)[C@H]4O)C(O)[C@H]3O)C(=O)O. The van der Waals surface area contributed by atoms with Gasteiger partial charge in [0.2, 0.25) is 0 Å². The molecular weight excluding hydrogens is 1260 g/mol. The summed E-state index contributed by atoms with van der Waals surface area (Å²) >= 11 is 1.60. The van der Waals surface area contributed by atoms with Gasteiger partial charge < -0.3 is 185 Å². The lowest BCUT2D eigenvalue weighted by molar-refractivity contribution is -0.395. The monoisotopic (exact) mass is 1340 g/mol. The van der Waals surface area contributed by atoms with Gasteiger partial charge in [-0.1, -0.05) is 0 Å². The molecule has 0 saturated carbocycles. The first-order valence-electron chi connectivity index (χ1n) is 28.1. The number of aliphatic carboxylic acids is 2. The number of ether oxygens (including phenoxy) is 14. The fourth-order valence-corrected chi connectivity index (χ4v) is 13.2. The maximum Gasteiger partial charge on any atom is 0.321 e. The molecule has 0 aromatic carbocycles. The Morgan fingerprint density at radius 2 is 0.438 bits per heavy atom. The fraction of sp³-hybridized carbons (Fsp3) is 0.958. The lowest BCUT2D eigenvalue weighted by Crippen LogP contribution is -2.68. The van der Waals surface area contributed by atoms with Crippen LogP contribution in [0, 0.1) is 0 Å². The summed E-state index contributed by atoms with van der Waals surface area (Å²) in [6.45, 7) is -5.43. The van der Waals surface area contributed by atoms with E-state index in [-0.39, 0.29) is 11.5 Å². The molecule has 21 heterocycles. The Morgan fingerprint density at radius 3 is 0.596 bits per heavy atom. The number of hydrogen-bond donors (Lipinski definition) is 23. The highest BCUT2D eigenvalue weighted by molar-refractivity contribution is 7.99. The van der Waals surface area contributed by atoms with E-state index in [2.05, 4.69) is 0 Å². The summed E-state index contributed by atoms with van der Waals surface area (Å²) in [4.78, 5) is 23.2. The Kier molecular flexibility index (Phi) is 26.2. The molecule has 0 amide bonds. The summed E-state index contributed by atoms with van der Waals surface area (Å²) < 4.78 is 81.6. The quantitative estimate of drug-likeness (QED) is 0.0724. The molecular formula is C48H80N2O37S2. The van der Waals surface area contributed by atoms with Crippen molar-refractivity contribution < 1.29 is 183 Å². The standard InChI is InChI=1S/C48H80N2O37S2/c49-10(40(70)71)6-88-8-17-38-25(62)32(69)48(80-17)85-37-16(5-55)76-44(28(65)21(37)58)83-35-14(3-53)78-46(30(67)23(35)60)87-39-18(9-89-7-11(50)41(72)73)79-47(31(68)24(39)61)84-36-15(4-54)75-43(27(64)20(36)57)81-33-12(1-51)74-42(26(63)19(33)56)82-34-13(2-52)77-45(86-38)29(66)22(34)59/h10-39,42-48,51-69H,1-9,49-50H2,(H,70,71)(H,72,73)/t10-,11-,12?,13?,14?,15?,16?,17?,18?,19?,20?,21-,22-,23-,24-,25?,26?,27?,28?,29?,30?,31?,32?,33-,34-,35-,36-,37-,38-,39-,42-,43-,44+,45-,46+,47+,48-/m1/s1. The van der Waals surface area contributed by atoms with E-state index in [9.17, 15) is 117 Å². The summed E-state index contributed by atoms with van der Waals surface area (Å²) in [7, 11) is 0. The zero-order chi connectivity index (χ0) is 65.2. The smallest absolute Gasteiger partial charge is 0.321 e. The van der Waals surface area contributed by atoms with Gasteiger partial charge in [-0.05, 0) is 0 Å². The Labute approximate surface area is 511 Å². The molecule has 41 heteroatoms. The van der Waals surface area contributed by atoms with E-state index in [4.69, 9.17) is 77.8 Å². The van der Waals surface area contributed by atoms with Crippen LogP contribution in [0.5, 0.6) is 0 Å². The summed E-state index contributed by atoms with van der Waals surface area (Å²) in [6.07, 6.45) is -71.4. The van der Waals surface area contributed by atoms with Crippen molar-refractivity contribution in [3.05, 3.63) is 0 Å². The summed E-state index contributed by atoms with van der Waals surface area (Å²) in [5.41, 5.74) is 11.4. The Hall–Kier alpha value is -1.76. The first kappa shape index (κ1) is 73.1. The van der Waals surface area contributed by atoms with Gasteiger partial charge in [-0.25, -0.2) is 0 Å². The van der Waals surface area contributed by atoms with Gasteiger partial charge in [-0.15, -0.1) is 0 Å². The zero-order valence-corrected chi connectivity index (χ0v) is 48.3. The van der Waals surface area contributed by atoms with Crippen molar-refractivity contribution in [3.63, 3.8) is 0 Å². The van der Waals surface area contributed by atoms with E-state index in [1.54, 1.807) is 0 Å². The minimum Gasteiger partial charge on any atom is -0.480 e. The summed E-state index contributed by atoms with van der Waals surface area (Å²) in [6, 6.07) is -2.94. The van der Waals surface area contributed by atoms with Gasteiger partial charge in [-0.3, -0.25) is 9.59 Å². The molecule has 14 bridgehead atoms. The second-order valence-corrected chi connectivity index (χ2v) is 24.4. The molecule has 21 aliphatic heterocycles. The molecule has 0 aliphatic carbocycles. The van der Waals surface area contributed by atoms with E-state index in [1.807, 2.05) is 0 Å². The Morgan fingerprint density at radius 1 is 0.281 bits per heavy atom. The highest BCUT2D eigenvalue weighted by Crippen LogP contribution is 2.40. The molecule has 0 aromatic heterocycles. The van der Waals surface area contributed by atoms with Crippen LogP contribution >= 0.6 is 23.5 Å². The number of carboxylic acids is 2. The predicted molar refractivity (Wildman–Crippen MR) is 280 cm³/mol. The lowest BCUT2D eigenvalue weighted by atomic mass is 9.95. The topological polar surface area (TPSA) is 640 Å². The molecule has 516 valence electrons. The van der Waals surface area contributed by atoms with Gasteiger partial charge in [0.05, 0.1) is 45.2 Å². The van der Waals surface area contributed by atoms with Crippen molar-refractivity contribution in [3.8, 4) is 0 Å². The van der Waals surface area contributed by atoms with E-state index in [0.29, 0.717) is 0 Å². The van der Waals surface area contributed by atoms with Crippen LogP contribution in [0.3, 0.4) is 0 Å². The predicted octanol–water partition coefficient (Wildman–Crippen LogP) is -14.9. The first-order valence-corrected chi connectivity index (χ1v) is 30.4. The molecule has 25 N–H and O–H groups in total. The molecule has 89 heavy (non-hydrogen) atoms. The zero-order valence-electron chi connectivity index (χ0n) is 46.6. The van der Waals surface area contributed by atoms with Crippen molar-refractivity contribution >= 4 is 35.5 Å². The normalized spacial score (nSPS) is 50.1. The van der Waals surface area contributed by atoms with Gasteiger partial charge in [0.15, 0.2) is 44.0 Å². The maximum atomic E-state index is 11.7. The molecule has 37 atom stereocenters. The number of hydrogen-bond acceptors (Lipinski definition) is 39. The average molecular weight is 1340 g/mol. The van der Waals surface area contributed by atoms with Crippen LogP contribution in [0.4, 0.5) is 0 Å². The van der Waals surface area contributed by atoms with Crippen LogP contribution in [-0.4, -0.2) is 402 Å². The van der Waals surface area contributed by atoms with Crippen LogP contribution < -0.4 is 11.5 Å². The number of carboxylic acid groups (broad SMARTS) is 2. The van der Waals surface area contributed by atoms with Crippen molar-refractivity contribution in [2.45, 2.75) is 227 Å². The van der Waals surface area contributed by atoms with Crippen LogP contribution in [0.1, 0.15) is 0 Å². The van der Waals surface area contributed by atoms with Crippen molar-refractivity contribution in [2.75, 3.05) is 56.0 Å². The summed E-state index contributed by atoms with van der Waals surface area (Å²) in [5, 5.41) is 233. The van der Waals surface area contributed by atoms with E-state index < -0.39 is 284 Å². The second-order valence-electron chi connectivity index (χ2n) is 22.3. The molecule has 0 spiro atoms. The third-order valence-corrected chi connectivity index (χ3v) is 18.5. The third-order valence-electron chi connectivity index (χ3n) is 16.2. The minimum atomic E-state index is -2.27. The number of carbonyl (C=O) groups is 2. The van der Waals surface area contributed by atoms with Gasteiger partial charge in [0.25, 0.3) is 0 Å². The minimum absolute atomic E-state index is 0.319. The fourth-order valence-electron chi connectivity index (χ4n) is 11.2. The molecule has 0 radical (unpaired) electrons. The van der Waals surface area contributed by atoms with E-state index in [1.165, 1.54) is 0 Å². The van der Waals surface area contributed by atoms with Crippen LogP contribution in [0.2, 0.25) is 0 Å². The summed E-state index contributed by atoms with van der Waals surface area (Å²) in [5.74, 6) is -4.26. The molecule has 17 unspecified atom stereocenters. The number of nitrogens with two attached hydrogens (primary N) is 2. The number of aliphatic hydroxyl groups excluding tert-OH is 19. The van der Waals surface area contributed by atoms with Gasteiger partial charge in [0.1, 0.15) is 171 Å². The number of thioether (sulfide) groups is 2. The van der Waals surface area contributed by atoms with Crippen LogP contribution in [0.25, 0.3) is 0 Å². The molecule has 39 nitrogen and oxygen atoms in total. The average Bonchev–Trinajstić information content (AvgIpc) is 0.983. The van der Waals surface area contributed by atoms with Crippen molar-refractivity contribution in [2.24, 2.45) is 11.5 Å². The van der Waals surface area contributed by atoms with Crippen molar-refractivity contribution in [1.82, 2.24) is 0 Å². The number of rotatable bonds is 15. The van der Waals surface area contributed by atoms with Crippen molar-refractivity contribution in [1.29, 1.82) is 0 Å². The number of aliphatic hydroxyl groups is 19. The Balaban J connectivity index is 1.11.